The van der Waals surface area contributed by atoms with Crippen molar-refractivity contribution >= 4 is 5.69 Å². The van der Waals surface area contributed by atoms with Gasteiger partial charge in [-0.2, -0.15) is 0 Å². The van der Waals surface area contributed by atoms with Crippen LogP contribution in [0.4, 0.5) is 5.69 Å². The Balaban J connectivity index is 2.82. The van der Waals surface area contributed by atoms with E-state index in [1.807, 2.05) is 12.1 Å². The lowest BCUT2D eigenvalue weighted by Crippen LogP contribution is -2.17. The third-order valence-corrected chi connectivity index (χ3v) is 1.87. The predicted molar refractivity (Wildman–Crippen MR) is 50.4 cm³/mol. The number of nitrogens with zero attached hydrogens (tertiary/aromatic N) is 1. The van der Waals surface area contributed by atoms with E-state index in [2.05, 4.69) is 18.8 Å². The summed E-state index contributed by atoms with van der Waals surface area (Å²) in [5, 5.41) is 0. The Morgan fingerprint density at radius 2 is 2.00 bits per heavy atom. The molecule has 66 valence electrons. The quantitative estimate of drug-likeness (QED) is 0.694. The summed E-state index contributed by atoms with van der Waals surface area (Å²) in [4.78, 5) is 4.15. The van der Waals surface area contributed by atoms with Crippen molar-refractivity contribution in [3.8, 4) is 0 Å². The highest BCUT2D eigenvalue weighted by Crippen LogP contribution is 2.16. The number of anilines is 1. The van der Waals surface area contributed by atoms with E-state index in [1.54, 1.807) is 6.20 Å². The van der Waals surface area contributed by atoms with Gasteiger partial charge in [0.15, 0.2) is 0 Å². The first-order chi connectivity index (χ1) is 5.61. The van der Waals surface area contributed by atoms with Crippen molar-refractivity contribution in [2.45, 2.75) is 19.9 Å². The Hall–Kier alpha value is -1.09. The molecule has 4 N–H and O–H groups in total. The van der Waals surface area contributed by atoms with Gasteiger partial charge in [0.05, 0.1) is 17.6 Å². The molecule has 1 atom stereocenters. The Kier molecular flexibility index (Phi) is 2.65. The van der Waals surface area contributed by atoms with E-state index >= 15 is 0 Å². The van der Waals surface area contributed by atoms with Crippen LogP contribution >= 0.6 is 0 Å². The largest absolute Gasteiger partial charge is 0.397 e. The number of rotatable bonds is 2. The average molecular weight is 165 g/mol. The maximum absolute atomic E-state index is 5.88. The zero-order chi connectivity index (χ0) is 9.14. The number of nitrogens with two attached hydrogens (primary N) is 2. The summed E-state index contributed by atoms with van der Waals surface area (Å²) in [6.07, 6.45) is 1.64. The lowest BCUT2D eigenvalue weighted by atomic mass is 10.0. The molecule has 0 fully saturated rings. The van der Waals surface area contributed by atoms with Crippen molar-refractivity contribution < 1.29 is 0 Å². The van der Waals surface area contributed by atoms with Crippen molar-refractivity contribution in [2.75, 3.05) is 5.73 Å². The van der Waals surface area contributed by atoms with Gasteiger partial charge in [-0.25, -0.2) is 0 Å². The smallest absolute Gasteiger partial charge is 0.0575 e. The van der Waals surface area contributed by atoms with Crippen LogP contribution in [0, 0.1) is 5.92 Å². The maximum atomic E-state index is 5.88. The van der Waals surface area contributed by atoms with E-state index in [1.165, 1.54) is 0 Å². The van der Waals surface area contributed by atoms with Gasteiger partial charge >= 0.3 is 0 Å². The van der Waals surface area contributed by atoms with Gasteiger partial charge in [0.1, 0.15) is 0 Å². The molecule has 0 aromatic carbocycles. The molecule has 0 aliphatic carbocycles. The normalized spacial score (nSPS) is 13.3. The molecule has 12 heavy (non-hydrogen) atoms. The second kappa shape index (κ2) is 3.54. The Bertz CT molecular complexity index is 240. The van der Waals surface area contributed by atoms with Gasteiger partial charge in [0.25, 0.3) is 0 Å². The van der Waals surface area contributed by atoms with Crippen LogP contribution in [0.5, 0.6) is 0 Å². The Morgan fingerprint density at radius 1 is 1.33 bits per heavy atom. The lowest BCUT2D eigenvalue weighted by molar-refractivity contribution is 0.503. The molecule has 1 aromatic heterocycles. The van der Waals surface area contributed by atoms with Crippen LogP contribution in [0.1, 0.15) is 25.6 Å². The minimum absolute atomic E-state index is 0.00519. The summed E-state index contributed by atoms with van der Waals surface area (Å²) >= 11 is 0. The third-order valence-electron chi connectivity index (χ3n) is 1.87. The molecule has 0 aliphatic rings. The lowest BCUT2D eigenvalue weighted by Gasteiger charge is -2.14. The van der Waals surface area contributed by atoms with E-state index in [4.69, 9.17) is 11.5 Å². The molecule has 1 heterocycles. The van der Waals surface area contributed by atoms with Gasteiger partial charge in [-0.1, -0.05) is 13.8 Å². The highest BCUT2D eigenvalue weighted by atomic mass is 14.8. The number of hydrogen-bond acceptors (Lipinski definition) is 3. The Labute approximate surface area is 72.8 Å². The average Bonchev–Trinajstić information content (AvgIpc) is 2.04. The summed E-state index contributed by atoms with van der Waals surface area (Å²) in [6.45, 7) is 4.14. The zero-order valence-corrected chi connectivity index (χ0v) is 7.49. The molecule has 0 unspecified atom stereocenters. The fraction of sp³-hybridized carbons (Fsp3) is 0.444. The number of nitrogen functional groups attached to an aromatic ring is 1. The van der Waals surface area contributed by atoms with Crippen molar-refractivity contribution in [3.05, 3.63) is 24.0 Å². The molecule has 1 aromatic rings. The molecule has 0 aliphatic heterocycles. The van der Waals surface area contributed by atoms with Crippen LogP contribution in [0.3, 0.4) is 0 Å². The molecule has 3 heteroatoms. The molecule has 1 rings (SSSR count). The molecule has 0 radical (unpaired) electrons. The van der Waals surface area contributed by atoms with Crippen LogP contribution in [-0.4, -0.2) is 4.98 Å². The molecule has 0 amide bonds. The summed E-state index contributed by atoms with van der Waals surface area (Å²) in [5.41, 5.74) is 13.0. The standard InChI is InChI=1S/C9H15N3/c1-6(2)9(11)8-4-3-7(10)5-12-8/h3-6,9H,10-11H2,1-2H3/t9-/m0/s1. The number of aromatic nitrogens is 1. The first-order valence-electron chi connectivity index (χ1n) is 4.08. The van der Waals surface area contributed by atoms with Gasteiger partial charge < -0.3 is 11.5 Å². The summed E-state index contributed by atoms with van der Waals surface area (Å²) in [6, 6.07) is 3.70. The minimum atomic E-state index is 0.00519. The first-order valence-corrected chi connectivity index (χ1v) is 4.08. The highest BCUT2D eigenvalue weighted by Gasteiger charge is 2.10. The second-order valence-electron chi connectivity index (χ2n) is 3.29. The summed E-state index contributed by atoms with van der Waals surface area (Å²) in [5.74, 6) is 0.404. The number of pyridine rings is 1. The molecular weight excluding hydrogens is 150 g/mol. The monoisotopic (exact) mass is 165 g/mol. The zero-order valence-electron chi connectivity index (χ0n) is 7.49. The topological polar surface area (TPSA) is 64.9 Å². The third kappa shape index (κ3) is 1.95. The van der Waals surface area contributed by atoms with Gasteiger partial charge in [-0.3, -0.25) is 4.98 Å². The summed E-state index contributed by atoms with van der Waals surface area (Å²) in [7, 11) is 0. The van der Waals surface area contributed by atoms with Gasteiger partial charge in [-0.05, 0) is 18.1 Å². The summed E-state index contributed by atoms with van der Waals surface area (Å²) < 4.78 is 0. The van der Waals surface area contributed by atoms with E-state index < -0.39 is 0 Å². The van der Waals surface area contributed by atoms with E-state index in [-0.39, 0.29) is 6.04 Å². The first kappa shape index (κ1) is 9.00. The second-order valence-corrected chi connectivity index (χ2v) is 3.29. The van der Waals surface area contributed by atoms with Gasteiger partial charge in [0, 0.05) is 6.04 Å². The molecule has 0 spiro atoms. The maximum Gasteiger partial charge on any atom is 0.0575 e. The highest BCUT2D eigenvalue weighted by molar-refractivity contribution is 5.35. The van der Waals surface area contributed by atoms with Crippen molar-refractivity contribution in [1.29, 1.82) is 0 Å². The van der Waals surface area contributed by atoms with Crippen LogP contribution in [0.25, 0.3) is 0 Å². The fourth-order valence-electron chi connectivity index (χ4n) is 0.955. The number of hydrogen-bond donors (Lipinski definition) is 2. The predicted octanol–water partition coefficient (Wildman–Crippen LogP) is 1.32. The van der Waals surface area contributed by atoms with Crippen LogP contribution in [0.15, 0.2) is 18.3 Å². The molecule has 3 nitrogen and oxygen atoms in total. The molecule has 0 saturated carbocycles. The molecule has 0 bridgehead atoms. The van der Waals surface area contributed by atoms with E-state index in [0.717, 1.165) is 5.69 Å². The Morgan fingerprint density at radius 3 is 2.42 bits per heavy atom. The van der Waals surface area contributed by atoms with Crippen molar-refractivity contribution in [1.82, 2.24) is 4.98 Å². The SMILES string of the molecule is CC(C)[C@H](N)c1ccc(N)cn1. The van der Waals surface area contributed by atoms with Crippen LogP contribution in [-0.2, 0) is 0 Å². The van der Waals surface area contributed by atoms with Crippen LogP contribution < -0.4 is 11.5 Å². The molecular formula is C9H15N3. The van der Waals surface area contributed by atoms with E-state index in [0.29, 0.717) is 11.6 Å². The van der Waals surface area contributed by atoms with Crippen LogP contribution in [0.2, 0.25) is 0 Å². The fourth-order valence-corrected chi connectivity index (χ4v) is 0.955. The van der Waals surface area contributed by atoms with Crippen molar-refractivity contribution in [2.24, 2.45) is 11.7 Å². The van der Waals surface area contributed by atoms with Gasteiger partial charge in [-0.15, -0.1) is 0 Å². The molecule has 0 saturated heterocycles. The van der Waals surface area contributed by atoms with E-state index in [9.17, 15) is 0 Å². The van der Waals surface area contributed by atoms with Crippen molar-refractivity contribution in [3.63, 3.8) is 0 Å². The minimum Gasteiger partial charge on any atom is -0.397 e. The van der Waals surface area contributed by atoms with Gasteiger partial charge in [0.2, 0.25) is 0 Å².